The molecule has 0 aromatic heterocycles. The van der Waals surface area contributed by atoms with E-state index in [1.807, 2.05) is 0 Å². The van der Waals surface area contributed by atoms with Crippen LogP contribution in [0.15, 0.2) is 0 Å². The number of carbonyl (C=O) groups excluding carboxylic acids is 3. The van der Waals surface area contributed by atoms with Crippen LogP contribution in [-0.2, 0) is 14.4 Å². The van der Waals surface area contributed by atoms with Crippen LogP contribution in [0.3, 0.4) is 0 Å². The zero-order chi connectivity index (χ0) is 33.8. The van der Waals surface area contributed by atoms with Gasteiger partial charge in [0.05, 0.1) is 17.6 Å². The van der Waals surface area contributed by atoms with E-state index in [0.29, 0.717) is 12.2 Å². The number of Topliss-reactive ketones (excluding diaryl/α,β-unsaturated/α-hetero) is 3. The third-order valence-corrected chi connectivity index (χ3v) is 7.89. The monoisotopic (exact) mass is 696 g/mol. The lowest BCUT2D eigenvalue weighted by atomic mass is 10.1. The zero-order valence-electron chi connectivity index (χ0n) is 23.4. The molecule has 18 heteroatoms. The fraction of sp³-hybridized carbons (Fsp3) is 0.875. The number of hydrogen-bond acceptors (Lipinski definition) is 6. The van der Waals surface area contributed by atoms with Gasteiger partial charge >= 0.3 is 24.7 Å². The highest BCUT2D eigenvalue weighted by molar-refractivity contribution is 8.00. The van der Waals surface area contributed by atoms with Crippen LogP contribution >= 0.6 is 35.3 Å². The van der Waals surface area contributed by atoms with Crippen molar-refractivity contribution >= 4 is 52.6 Å². The summed E-state index contributed by atoms with van der Waals surface area (Å²) in [4.78, 5) is 31.3. The number of ketones is 3. The van der Waals surface area contributed by atoms with Crippen LogP contribution in [0.5, 0.6) is 0 Å². The second-order valence-electron chi connectivity index (χ2n) is 8.86. The molecule has 0 fully saturated rings. The van der Waals surface area contributed by atoms with Crippen molar-refractivity contribution in [2.24, 2.45) is 5.92 Å². The Bertz CT molecular complexity index is 752. The highest BCUT2D eigenvalue weighted by Gasteiger charge is 2.41. The Labute approximate surface area is 250 Å². The number of carbonyl (C=O) groups is 3. The molecule has 0 aromatic rings. The van der Waals surface area contributed by atoms with Gasteiger partial charge in [-0.3, -0.25) is 14.4 Å². The van der Waals surface area contributed by atoms with Gasteiger partial charge in [0.15, 0.2) is 0 Å². The molecule has 0 heterocycles. The lowest BCUT2D eigenvalue weighted by Gasteiger charge is -2.20. The molecule has 0 saturated carbocycles. The first-order valence-corrected chi connectivity index (χ1v) is 15.7. The lowest BCUT2D eigenvalue weighted by molar-refractivity contribution is -0.183. The van der Waals surface area contributed by atoms with Crippen molar-refractivity contribution in [2.75, 3.05) is 28.8 Å². The molecule has 0 rings (SSSR count). The first-order chi connectivity index (χ1) is 18.8. The second kappa shape index (κ2) is 22.7. The van der Waals surface area contributed by atoms with Crippen molar-refractivity contribution in [2.45, 2.75) is 96.2 Å². The summed E-state index contributed by atoms with van der Waals surface area (Å²) in [6.07, 6.45) is -19.9. The van der Waals surface area contributed by atoms with Gasteiger partial charge in [0.2, 0.25) is 0 Å². The minimum Gasteiger partial charge on any atom is -0.300 e. The van der Waals surface area contributed by atoms with E-state index >= 15 is 0 Å². The standard InChI is InChI=1S/C10H14F6OS.2C7H11F3OS/c1-7(17)3-5-18-6-8(10(14,15)16)2-4-9(11,12)13;1-5(11)3-4-12-6(2)7(8,9)10;1-6(11)2-4-12-5-3-7(8,9)10/h8H,2-6H2,1H3;6H,3-4H2,1-2H3;2-5H2,1H3. The predicted molar refractivity (Wildman–Crippen MR) is 144 cm³/mol. The zero-order valence-corrected chi connectivity index (χ0v) is 25.9. The molecule has 0 saturated heterocycles. The maximum Gasteiger partial charge on any atom is 0.400 e. The van der Waals surface area contributed by atoms with E-state index < -0.39 is 60.9 Å². The molecule has 0 amide bonds. The topological polar surface area (TPSA) is 51.2 Å². The van der Waals surface area contributed by atoms with Gasteiger partial charge in [0.1, 0.15) is 17.3 Å². The van der Waals surface area contributed by atoms with E-state index in [-0.39, 0.29) is 47.4 Å². The Morgan fingerprint density at radius 2 is 0.976 bits per heavy atom. The van der Waals surface area contributed by atoms with Crippen molar-refractivity contribution < 1.29 is 67.1 Å². The molecule has 0 aliphatic rings. The van der Waals surface area contributed by atoms with Gasteiger partial charge in [-0.15, -0.1) is 11.8 Å². The summed E-state index contributed by atoms with van der Waals surface area (Å²) in [5, 5.41) is -1.38. The summed E-state index contributed by atoms with van der Waals surface area (Å²) in [5.41, 5.74) is 0. The van der Waals surface area contributed by atoms with Gasteiger partial charge in [0, 0.05) is 54.4 Å². The van der Waals surface area contributed by atoms with Crippen LogP contribution in [-0.4, -0.2) is 76.1 Å². The lowest BCUT2D eigenvalue weighted by Crippen LogP contribution is -2.27. The predicted octanol–water partition coefficient (Wildman–Crippen LogP) is 9.52. The molecule has 2 atom stereocenters. The van der Waals surface area contributed by atoms with Crippen LogP contribution in [0.2, 0.25) is 0 Å². The fourth-order valence-electron chi connectivity index (χ4n) is 2.10. The summed E-state index contributed by atoms with van der Waals surface area (Å²) in [6, 6.07) is 0. The summed E-state index contributed by atoms with van der Waals surface area (Å²) in [6.45, 7) is 5.22. The summed E-state index contributed by atoms with van der Waals surface area (Å²) < 4.78 is 143. The molecule has 0 radical (unpaired) electrons. The number of thioether (sulfide) groups is 3. The minimum absolute atomic E-state index is 0.0227. The van der Waals surface area contributed by atoms with Gasteiger partial charge in [-0.2, -0.15) is 76.2 Å². The normalized spacial score (nSPS) is 13.7. The highest BCUT2D eigenvalue weighted by atomic mass is 32.2. The minimum atomic E-state index is -4.63. The molecule has 0 spiro atoms. The Morgan fingerprint density at radius 3 is 1.33 bits per heavy atom. The molecule has 0 N–H and O–H groups in total. The second-order valence-corrected chi connectivity index (χ2v) is 12.7. The van der Waals surface area contributed by atoms with Gasteiger partial charge in [-0.05, 0) is 34.1 Å². The van der Waals surface area contributed by atoms with Crippen LogP contribution in [0.25, 0.3) is 0 Å². The van der Waals surface area contributed by atoms with Crippen molar-refractivity contribution in [3.8, 4) is 0 Å². The molecular weight excluding hydrogens is 660 g/mol. The molecule has 3 nitrogen and oxygen atoms in total. The Hall–Kier alpha value is -0.780. The number of hydrogen-bond donors (Lipinski definition) is 0. The SMILES string of the molecule is CC(=O)CCSC(C)C(F)(F)F.CC(=O)CCSCC(CCC(F)(F)F)C(F)(F)F.CC(=O)CCSCCC(F)(F)F. The van der Waals surface area contributed by atoms with Gasteiger partial charge in [0.25, 0.3) is 0 Å². The smallest absolute Gasteiger partial charge is 0.300 e. The maximum absolute atomic E-state index is 12.4. The Morgan fingerprint density at radius 1 is 0.571 bits per heavy atom. The fourth-order valence-corrected chi connectivity index (χ4v) is 5.30. The number of halogens is 12. The van der Waals surface area contributed by atoms with Gasteiger partial charge < -0.3 is 0 Å². The first-order valence-electron chi connectivity index (χ1n) is 12.3. The third kappa shape index (κ3) is 37.2. The van der Waals surface area contributed by atoms with Gasteiger partial charge in [-0.25, -0.2) is 0 Å². The molecule has 0 aliphatic carbocycles. The van der Waals surface area contributed by atoms with Crippen LogP contribution in [0.4, 0.5) is 52.7 Å². The largest absolute Gasteiger partial charge is 0.400 e. The van der Waals surface area contributed by atoms with Crippen molar-refractivity contribution in [3.05, 3.63) is 0 Å². The van der Waals surface area contributed by atoms with E-state index in [4.69, 9.17) is 0 Å². The molecule has 0 aromatic carbocycles. The van der Waals surface area contributed by atoms with Crippen LogP contribution in [0.1, 0.15) is 66.2 Å². The molecule has 0 bridgehead atoms. The van der Waals surface area contributed by atoms with Crippen LogP contribution < -0.4 is 0 Å². The van der Waals surface area contributed by atoms with Crippen molar-refractivity contribution in [1.29, 1.82) is 0 Å². The average molecular weight is 697 g/mol. The quantitative estimate of drug-likeness (QED) is 0.118. The summed E-state index contributed by atoms with van der Waals surface area (Å²) in [5.74, 6) is -1.62. The number of alkyl halides is 12. The average Bonchev–Trinajstić information content (AvgIpc) is 2.75. The molecule has 252 valence electrons. The summed E-state index contributed by atoms with van der Waals surface area (Å²) >= 11 is 2.79. The summed E-state index contributed by atoms with van der Waals surface area (Å²) in [7, 11) is 0. The van der Waals surface area contributed by atoms with Crippen molar-refractivity contribution in [1.82, 2.24) is 0 Å². The molecule has 2 unspecified atom stereocenters. The molecule has 0 aliphatic heterocycles. The van der Waals surface area contributed by atoms with E-state index in [9.17, 15) is 67.1 Å². The Kier molecular flexibility index (Phi) is 24.7. The van der Waals surface area contributed by atoms with E-state index in [0.717, 1.165) is 30.4 Å². The van der Waals surface area contributed by atoms with Crippen LogP contribution in [0, 0.1) is 5.92 Å². The molecular formula is C24H36F12O3S3. The molecule has 42 heavy (non-hydrogen) atoms. The maximum atomic E-state index is 12.4. The first kappa shape index (κ1) is 45.6. The van der Waals surface area contributed by atoms with E-state index in [2.05, 4.69) is 0 Å². The van der Waals surface area contributed by atoms with Gasteiger partial charge in [-0.1, -0.05) is 0 Å². The van der Waals surface area contributed by atoms with E-state index in [1.165, 1.54) is 32.5 Å². The number of rotatable bonds is 16. The van der Waals surface area contributed by atoms with Crippen molar-refractivity contribution in [3.63, 3.8) is 0 Å². The van der Waals surface area contributed by atoms with E-state index in [1.54, 1.807) is 0 Å². The highest BCUT2D eigenvalue weighted by Crippen LogP contribution is 2.35. The Balaban J connectivity index is -0.000000562. The third-order valence-electron chi connectivity index (χ3n) is 4.57.